The summed E-state index contributed by atoms with van der Waals surface area (Å²) in [6.45, 7) is 4.94. The summed E-state index contributed by atoms with van der Waals surface area (Å²) >= 11 is 0. The van der Waals surface area contributed by atoms with Crippen LogP contribution in [0.25, 0.3) is 0 Å². The van der Waals surface area contributed by atoms with Crippen molar-refractivity contribution in [2.75, 3.05) is 49.6 Å². The molecular formula is C17H21N3O. The van der Waals surface area contributed by atoms with Crippen LogP contribution in [0.3, 0.4) is 0 Å². The molecule has 2 aliphatic heterocycles. The Kier molecular flexibility index (Phi) is 3.85. The van der Waals surface area contributed by atoms with Gasteiger partial charge in [0.1, 0.15) is 0 Å². The highest BCUT2D eigenvalue weighted by molar-refractivity contribution is 5.96. The highest BCUT2D eigenvalue weighted by Crippen LogP contribution is 2.27. The Morgan fingerprint density at radius 2 is 1.71 bits per heavy atom. The highest BCUT2D eigenvalue weighted by Gasteiger charge is 2.29. The van der Waals surface area contributed by atoms with Gasteiger partial charge < -0.3 is 14.7 Å². The van der Waals surface area contributed by atoms with Crippen molar-refractivity contribution < 1.29 is 4.79 Å². The molecule has 3 rings (SSSR count). The van der Waals surface area contributed by atoms with Crippen molar-refractivity contribution in [3.05, 3.63) is 24.3 Å². The topological polar surface area (TPSA) is 26.8 Å². The molecule has 2 fully saturated rings. The van der Waals surface area contributed by atoms with Gasteiger partial charge in [-0.2, -0.15) is 0 Å². The molecule has 0 N–H and O–H groups in total. The third-order valence-electron chi connectivity index (χ3n) is 4.39. The Bertz CT molecular complexity index is 552. The van der Waals surface area contributed by atoms with Gasteiger partial charge >= 0.3 is 0 Å². The Labute approximate surface area is 126 Å². The average Bonchev–Trinajstić information content (AvgIpc) is 2.89. The van der Waals surface area contributed by atoms with Crippen molar-refractivity contribution >= 4 is 17.3 Å². The predicted molar refractivity (Wildman–Crippen MR) is 85.4 cm³/mol. The second-order valence-electron chi connectivity index (χ2n) is 5.88. The summed E-state index contributed by atoms with van der Waals surface area (Å²) in [4.78, 5) is 18.5. The van der Waals surface area contributed by atoms with Crippen molar-refractivity contribution in [2.45, 2.75) is 6.42 Å². The lowest BCUT2D eigenvalue weighted by Gasteiger charge is -2.34. The van der Waals surface area contributed by atoms with Gasteiger partial charge in [-0.25, -0.2) is 0 Å². The Hall–Kier alpha value is -1.99. The molecule has 0 spiro atoms. The SMILES string of the molecule is C#CC1CC(=O)N(c2ccc(N3CCN(C)CC3)cc2)C1. The van der Waals surface area contributed by atoms with E-state index in [1.54, 1.807) is 4.90 Å². The smallest absolute Gasteiger partial charge is 0.228 e. The predicted octanol–water partition coefficient (Wildman–Crippen LogP) is 1.42. The zero-order chi connectivity index (χ0) is 14.8. The van der Waals surface area contributed by atoms with Crippen LogP contribution in [-0.4, -0.2) is 50.6 Å². The Balaban J connectivity index is 1.70. The second-order valence-corrected chi connectivity index (χ2v) is 5.88. The van der Waals surface area contributed by atoms with E-state index in [-0.39, 0.29) is 11.8 Å². The van der Waals surface area contributed by atoms with Crippen LogP contribution in [0.2, 0.25) is 0 Å². The van der Waals surface area contributed by atoms with E-state index in [9.17, 15) is 4.79 Å². The van der Waals surface area contributed by atoms with Crippen LogP contribution in [0.1, 0.15) is 6.42 Å². The number of rotatable bonds is 2. The lowest BCUT2D eigenvalue weighted by atomic mass is 10.1. The molecule has 1 aromatic rings. The summed E-state index contributed by atoms with van der Waals surface area (Å²) in [6, 6.07) is 8.28. The highest BCUT2D eigenvalue weighted by atomic mass is 16.2. The van der Waals surface area contributed by atoms with Crippen molar-refractivity contribution in [1.29, 1.82) is 0 Å². The molecule has 0 aliphatic carbocycles. The first kappa shape index (κ1) is 14.0. The fourth-order valence-corrected chi connectivity index (χ4v) is 2.98. The lowest BCUT2D eigenvalue weighted by molar-refractivity contribution is -0.117. The Morgan fingerprint density at radius 3 is 2.29 bits per heavy atom. The molecule has 110 valence electrons. The van der Waals surface area contributed by atoms with E-state index in [1.165, 1.54) is 5.69 Å². The van der Waals surface area contributed by atoms with Crippen LogP contribution in [0.5, 0.6) is 0 Å². The van der Waals surface area contributed by atoms with Crippen LogP contribution >= 0.6 is 0 Å². The summed E-state index contributed by atoms with van der Waals surface area (Å²) in [5.41, 5.74) is 2.18. The molecule has 21 heavy (non-hydrogen) atoms. The first-order valence-corrected chi connectivity index (χ1v) is 7.47. The number of carbonyl (C=O) groups is 1. The van der Waals surface area contributed by atoms with Gasteiger partial charge in [0, 0.05) is 56.4 Å². The summed E-state index contributed by atoms with van der Waals surface area (Å²) in [6.07, 6.45) is 5.90. The summed E-state index contributed by atoms with van der Waals surface area (Å²) in [5, 5.41) is 0. The minimum atomic E-state index is 0.0507. The van der Waals surface area contributed by atoms with Gasteiger partial charge in [-0.1, -0.05) is 0 Å². The largest absolute Gasteiger partial charge is 0.369 e. The first-order chi connectivity index (χ1) is 10.2. The molecule has 1 aromatic carbocycles. The summed E-state index contributed by atoms with van der Waals surface area (Å²) < 4.78 is 0. The van der Waals surface area contributed by atoms with Gasteiger partial charge in [0.05, 0.1) is 0 Å². The first-order valence-electron chi connectivity index (χ1n) is 7.47. The molecule has 0 bridgehead atoms. The number of hydrogen-bond acceptors (Lipinski definition) is 3. The summed E-state index contributed by atoms with van der Waals surface area (Å²) in [5.74, 6) is 2.87. The molecule has 1 unspecified atom stereocenters. The fraction of sp³-hybridized carbons (Fsp3) is 0.471. The zero-order valence-electron chi connectivity index (χ0n) is 12.5. The molecule has 0 saturated carbocycles. The molecule has 1 amide bonds. The number of hydrogen-bond donors (Lipinski definition) is 0. The number of likely N-dealkylation sites (N-methyl/N-ethyl adjacent to an activating group) is 1. The van der Waals surface area contributed by atoms with Crippen molar-refractivity contribution in [3.63, 3.8) is 0 Å². The van der Waals surface area contributed by atoms with Crippen LogP contribution < -0.4 is 9.80 Å². The fourth-order valence-electron chi connectivity index (χ4n) is 2.98. The van der Waals surface area contributed by atoms with E-state index in [0.29, 0.717) is 13.0 Å². The normalized spacial score (nSPS) is 23.4. The van der Waals surface area contributed by atoms with Crippen LogP contribution in [0.4, 0.5) is 11.4 Å². The van der Waals surface area contributed by atoms with Gasteiger partial charge in [-0.15, -0.1) is 12.3 Å². The van der Waals surface area contributed by atoms with E-state index in [4.69, 9.17) is 6.42 Å². The van der Waals surface area contributed by atoms with Gasteiger partial charge in [-0.05, 0) is 31.3 Å². The molecule has 2 heterocycles. The molecule has 0 aromatic heterocycles. The average molecular weight is 283 g/mol. The zero-order valence-corrected chi connectivity index (χ0v) is 12.5. The second kappa shape index (κ2) is 5.79. The molecule has 0 radical (unpaired) electrons. The van der Waals surface area contributed by atoms with E-state index in [2.05, 4.69) is 34.9 Å². The number of terminal acetylenes is 1. The molecular weight excluding hydrogens is 262 g/mol. The minimum Gasteiger partial charge on any atom is -0.369 e. The summed E-state index contributed by atoms with van der Waals surface area (Å²) in [7, 11) is 2.15. The number of piperazine rings is 1. The monoisotopic (exact) mass is 283 g/mol. The van der Waals surface area contributed by atoms with Gasteiger partial charge in [0.15, 0.2) is 0 Å². The van der Waals surface area contributed by atoms with Gasteiger partial charge in [-0.3, -0.25) is 4.79 Å². The van der Waals surface area contributed by atoms with Gasteiger partial charge in [0.2, 0.25) is 5.91 Å². The maximum atomic E-state index is 12.0. The Morgan fingerprint density at radius 1 is 1.10 bits per heavy atom. The standard InChI is InChI=1S/C17H21N3O/c1-3-14-12-17(21)20(13-14)16-6-4-15(5-7-16)19-10-8-18(2)9-11-19/h1,4-7,14H,8-13H2,2H3. The number of nitrogens with zero attached hydrogens (tertiary/aromatic N) is 3. The molecule has 2 saturated heterocycles. The van der Waals surface area contributed by atoms with Crippen LogP contribution in [-0.2, 0) is 4.79 Å². The van der Waals surface area contributed by atoms with E-state index < -0.39 is 0 Å². The van der Waals surface area contributed by atoms with Crippen molar-refractivity contribution in [3.8, 4) is 12.3 Å². The number of anilines is 2. The van der Waals surface area contributed by atoms with E-state index in [0.717, 1.165) is 31.9 Å². The molecule has 2 aliphatic rings. The minimum absolute atomic E-state index is 0.0507. The quantitative estimate of drug-likeness (QED) is 0.768. The third kappa shape index (κ3) is 2.88. The molecule has 4 nitrogen and oxygen atoms in total. The van der Waals surface area contributed by atoms with Crippen molar-refractivity contribution in [1.82, 2.24) is 4.90 Å². The lowest BCUT2D eigenvalue weighted by Crippen LogP contribution is -2.44. The maximum Gasteiger partial charge on any atom is 0.228 e. The van der Waals surface area contributed by atoms with E-state index >= 15 is 0 Å². The number of carbonyl (C=O) groups excluding carboxylic acids is 1. The van der Waals surface area contributed by atoms with Crippen LogP contribution in [0, 0.1) is 18.3 Å². The van der Waals surface area contributed by atoms with Crippen molar-refractivity contribution in [2.24, 2.45) is 5.92 Å². The maximum absolute atomic E-state index is 12.0. The third-order valence-corrected chi connectivity index (χ3v) is 4.39. The van der Waals surface area contributed by atoms with E-state index in [1.807, 2.05) is 12.1 Å². The molecule has 4 heteroatoms. The van der Waals surface area contributed by atoms with Gasteiger partial charge in [0.25, 0.3) is 0 Å². The number of amides is 1. The molecule has 1 atom stereocenters. The number of benzene rings is 1. The van der Waals surface area contributed by atoms with Crippen LogP contribution in [0.15, 0.2) is 24.3 Å².